The fraction of sp³-hybridized carbons (Fsp3) is 0.143. The van der Waals surface area contributed by atoms with Gasteiger partial charge in [-0.05, 0) is 36.8 Å². The molecule has 1 aromatic heterocycles. The van der Waals surface area contributed by atoms with Crippen LogP contribution < -0.4 is 15.8 Å². The molecule has 1 unspecified atom stereocenters. The van der Waals surface area contributed by atoms with E-state index in [2.05, 4.69) is 15.0 Å². The predicted molar refractivity (Wildman–Crippen MR) is 115 cm³/mol. The molecule has 1 atom stereocenters. The molecule has 0 saturated heterocycles. The molecule has 7 nitrogen and oxygen atoms in total. The van der Waals surface area contributed by atoms with Crippen LogP contribution in [-0.4, -0.2) is 25.6 Å². The van der Waals surface area contributed by atoms with E-state index < -0.39 is 15.7 Å². The van der Waals surface area contributed by atoms with Crippen molar-refractivity contribution in [2.24, 2.45) is 5.73 Å². The van der Waals surface area contributed by atoms with Gasteiger partial charge < -0.3 is 11.1 Å². The van der Waals surface area contributed by atoms with Gasteiger partial charge in [0, 0.05) is 23.6 Å². The fourth-order valence-corrected chi connectivity index (χ4v) is 3.32. The number of hydrogen-bond donors (Lipinski definition) is 3. The smallest absolute Gasteiger partial charge is 0.255 e. The number of aromatic nitrogens is 1. The Balaban J connectivity index is 0.000000426. The molecule has 4 N–H and O–H groups in total. The third-order valence-electron chi connectivity index (χ3n) is 3.75. The summed E-state index contributed by atoms with van der Waals surface area (Å²) in [4.78, 5) is 16.0. The second kappa shape index (κ2) is 9.92. The number of sulfonamides is 1. The Hall–Kier alpha value is -3.07. The highest BCUT2D eigenvalue weighted by molar-refractivity contribution is 7.88. The van der Waals surface area contributed by atoms with Gasteiger partial charge in [0.2, 0.25) is 10.0 Å². The van der Waals surface area contributed by atoms with E-state index >= 15 is 0 Å². The lowest BCUT2D eigenvalue weighted by molar-refractivity contribution is 0.102. The molecule has 0 saturated carbocycles. The third-order valence-corrected chi connectivity index (χ3v) is 4.54. The number of nitrogens with one attached hydrogen (secondary N) is 2. The van der Waals surface area contributed by atoms with Crippen molar-refractivity contribution < 1.29 is 13.2 Å². The topological polar surface area (TPSA) is 114 Å². The first-order valence-electron chi connectivity index (χ1n) is 8.77. The second-order valence-electron chi connectivity index (χ2n) is 6.50. The third kappa shape index (κ3) is 7.82. The van der Waals surface area contributed by atoms with Crippen molar-refractivity contribution in [3.63, 3.8) is 0 Å². The molecule has 1 heterocycles. The van der Waals surface area contributed by atoms with Gasteiger partial charge in [0.05, 0.1) is 6.26 Å². The summed E-state index contributed by atoms with van der Waals surface area (Å²) in [5, 5.41) is 2.73. The summed E-state index contributed by atoms with van der Waals surface area (Å²) in [5.41, 5.74) is 6.33. The van der Waals surface area contributed by atoms with Gasteiger partial charge in [-0.15, -0.1) is 0 Å². The van der Waals surface area contributed by atoms with Crippen molar-refractivity contribution in [1.82, 2.24) is 9.71 Å². The molecule has 3 rings (SSSR count). The maximum Gasteiger partial charge on any atom is 0.255 e. The van der Waals surface area contributed by atoms with Crippen LogP contribution in [0.4, 0.5) is 5.69 Å². The maximum atomic E-state index is 12.1. The standard InChI is InChI=1S/C15H18N4O3S.C6H6/c1-15(16,19-23(2,21)22)12-5-3-11(4-6-12)14(20)18-13-7-9-17-10-8-13;1-2-4-6-5-3-1/h3-10,19H,16H2,1-2H3,(H,17,18,20);1-6H. The molecule has 2 aromatic carbocycles. The minimum Gasteiger partial charge on any atom is -0.322 e. The van der Waals surface area contributed by atoms with Crippen LogP contribution in [0.1, 0.15) is 22.8 Å². The summed E-state index contributed by atoms with van der Waals surface area (Å²) in [7, 11) is -3.46. The number of nitrogens with two attached hydrogens (primary N) is 1. The Morgan fingerprint density at radius 3 is 1.86 bits per heavy atom. The number of benzene rings is 2. The van der Waals surface area contributed by atoms with E-state index in [4.69, 9.17) is 5.73 Å². The second-order valence-corrected chi connectivity index (χ2v) is 8.25. The summed E-state index contributed by atoms with van der Waals surface area (Å²) in [6.07, 6.45) is 4.19. The van der Waals surface area contributed by atoms with Crippen LogP contribution in [0.3, 0.4) is 0 Å². The van der Waals surface area contributed by atoms with Crippen LogP contribution >= 0.6 is 0 Å². The van der Waals surface area contributed by atoms with Gasteiger partial charge in [-0.1, -0.05) is 48.5 Å². The van der Waals surface area contributed by atoms with Gasteiger partial charge in [0.25, 0.3) is 5.91 Å². The van der Waals surface area contributed by atoms with Crippen LogP contribution in [-0.2, 0) is 15.7 Å². The fourth-order valence-electron chi connectivity index (χ4n) is 2.44. The number of nitrogens with zero attached hydrogens (tertiary/aromatic N) is 1. The highest BCUT2D eigenvalue weighted by Crippen LogP contribution is 2.17. The molecule has 0 aliphatic carbocycles. The zero-order valence-electron chi connectivity index (χ0n) is 16.2. The van der Waals surface area contributed by atoms with Crippen LogP contribution in [0.25, 0.3) is 0 Å². The lowest BCUT2D eigenvalue weighted by atomic mass is 10.0. The number of carbonyl (C=O) groups excluding carboxylic acids is 1. The molecule has 8 heteroatoms. The average Bonchev–Trinajstić information content (AvgIpc) is 2.69. The summed E-state index contributed by atoms with van der Waals surface area (Å²) in [5.74, 6) is -0.280. The molecular formula is C21H24N4O3S. The molecule has 0 fully saturated rings. The van der Waals surface area contributed by atoms with Gasteiger partial charge >= 0.3 is 0 Å². The molecule has 0 aliphatic heterocycles. The molecule has 0 aliphatic rings. The van der Waals surface area contributed by atoms with E-state index in [0.29, 0.717) is 16.8 Å². The Morgan fingerprint density at radius 1 is 0.931 bits per heavy atom. The van der Waals surface area contributed by atoms with E-state index in [0.717, 1.165) is 6.26 Å². The monoisotopic (exact) mass is 412 g/mol. The summed E-state index contributed by atoms with van der Waals surface area (Å²) < 4.78 is 25.0. The van der Waals surface area contributed by atoms with Crippen molar-refractivity contribution >= 4 is 21.6 Å². The van der Waals surface area contributed by atoms with Crippen LogP contribution in [0, 0.1) is 0 Å². The van der Waals surface area contributed by atoms with Crippen molar-refractivity contribution in [2.75, 3.05) is 11.6 Å². The first kappa shape index (κ1) is 22.2. The minimum atomic E-state index is -3.46. The number of pyridine rings is 1. The SMILES string of the molecule is CC(N)(NS(C)(=O)=O)c1ccc(C(=O)Nc2ccncc2)cc1.c1ccccc1. The predicted octanol–water partition coefficient (Wildman–Crippen LogP) is 2.70. The largest absolute Gasteiger partial charge is 0.322 e. The summed E-state index contributed by atoms with van der Waals surface area (Å²) in [6, 6.07) is 21.7. The van der Waals surface area contributed by atoms with Gasteiger partial charge in [-0.2, -0.15) is 4.72 Å². The number of hydrogen-bond acceptors (Lipinski definition) is 5. The Morgan fingerprint density at radius 2 is 1.41 bits per heavy atom. The van der Waals surface area contributed by atoms with Crippen LogP contribution in [0.15, 0.2) is 85.2 Å². The first-order valence-corrected chi connectivity index (χ1v) is 10.7. The van der Waals surface area contributed by atoms with E-state index in [-0.39, 0.29) is 5.91 Å². The minimum absolute atomic E-state index is 0.280. The Bertz CT molecular complexity index is 980. The first-order chi connectivity index (χ1) is 13.7. The average molecular weight is 413 g/mol. The van der Waals surface area contributed by atoms with Gasteiger partial charge in [-0.25, -0.2) is 8.42 Å². The number of rotatable bonds is 5. The lowest BCUT2D eigenvalue weighted by Crippen LogP contribution is -2.50. The van der Waals surface area contributed by atoms with Crippen LogP contribution in [0.5, 0.6) is 0 Å². The summed E-state index contributed by atoms with van der Waals surface area (Å²) >= 11 is 0. The number of anilines is 1. The van der Waals surface area contributed by atoms with E-state index in [1.54, 1.807) is 55.7 Å². The molecule has 0 spiro atoms. The van der Waals surface area contributed by atoms with Crippen molar-refractivity contribution in [3.05, 3.63) is 96.3 Å². The quantitative estimate of drug-likeness (QED) is 0.558. The molecule has 3 aromatic rings. The molecular weight excluding hydrogens is 388 g/mol. The van der Waals surface area contributed by atoms with E-state index in [9.17, 15) is 13.2 Å². The lowest BCUT2D eigenvalue weighted by Gasteiger charge is -2.25. The summed E-state index contributed by atoms with van der Waals surface area (Å²) in [6.45, 7) is 1.54. The zero-order chi connectivity index (χ0) is 21.3. The molecule has 0 bridgehead atoms. The van der Waals surface area contributed by atoms with Crippen molar-refractivity contribution in [2.45, 2.75) is 12.6 Å². The number of carbonyl (C=O) groups is 1. The molecule has 152 valence electrons. The number of amides is 1. The normalized spacial score (nSPS) is 12.8. The highest BCUT2D eigenvalue weighted by Gasteiger charge is 2.25. The van der Waals surface area contributed by atoms with Gasteiger partial charge in [-0.3, -0.25) is 9.78 Å². The van der Waals surface area contributed by atoms with Gasteiger partial charge in [0.15, 0.2) is 0 Å². The van der Waals surface area contributed by atoms with E-state index in [1.807, 2.05) is 36.4 Å². The maximum absolute atomic E-state index is 12.1. The van der Waals surface area contributed by atoms with Crippen molar-refractivity contribution in [3.8, 4) is 0 Å². The molecule has 1 amide bonds. The zero-order valence-corrected chi connectivity index (χ0v) is 17.1. The van der Waals surface area contributed by atoms with Crippen molar-refractivity contribution in [1.29, 1.82) is 0 Å². The van der Waals surface area contributed by atoms with Crippen LogP contribution in [0.2, 0.25) is 0 Å². The Kier molecular flexibility index (Phi) is 7.60. The van der Waals surface area contributed by atoms with Gasteiger partial charge in [0.1, 0.15) is 5.66 Å². The Labute approximate surface area is 171 Å². The molecule has 29 heavy (non-hydrogen) atoms. The molecule has 0 radical (unpaired) electrons. The van der Waals surface area contributed by atoms with E-state index in [1.165, 1.54) is 0 Å². The highest BCUT2D eigenvalue weighted by atomic mass is 32.2.